The molecule has 0 unspecified atom stereocenters. The van der Waals surface area contributed by atoms with Crippen molar-refractivity contribution in [1.82, 2.24) is 25.0 Å². The average molecular weight is 847 g/mol. The summed E-state index contributed by atoms with van der Waals surface area (Å²) in [6, 6.07) is 12.3. The Morgan fingerprint density at radius 2 is 1.61 bits per heavy atom. The van der Waals surface area contributed by atoms with Crippen LogP contribution in [0.1, 0.15) is 66.1 Å². The minimum Gasteiger partial charge on any atom is -0.477 e. The second kappa shape index (κ2) is 15.8. The van der Waals surface area contributed by atoms with Crippen LogP contribution in [0, 0.1) is 36.3 Å². The van der Waals surface area contributed by atoms with Crippen molar-refractivity contribution in [3.63, 3.8) is 0 Å². The van der Waals surface area contributed by atoms with Gasteiger partial charge in [0, 0.05) is 93.4 Å². The van der Waals surface area contributed by atoms with Gasteiger partial charge >= 0.3 is 0 Å². The van der Waals surface area contributed by atoms with Crippen LogP contribution in [0.5, 0.6) is 5.88 Å². The SMILES string of the molecule is Cc1cc2cc(n1)-c1cnn(C)c1OCC[C@@H]1C[C@H]1CN1/C(=N/C2=O)Nc2ccc(N3CCC(C(=O)N4CCN(c5cc(F)c([C@H]6CCC(=O)NC6=O)c(F)c5)CC4)CC3)cc21. The van der Waals surface area contributed by atoms with E-state index in [1.165, 1.54) is 12.1 Å². The first-order chi connectivity index (χ1) is 30.0. The molecule has 2 aromatic carbocycles. The Balaban J connectivity index is 0.792. The van der Waals surface area contributed by atoms with Gasteiger partial charge < -0.3 is 29.7 Å². The Kier molecular flexibility index (Phi) is 10.1. The first-order valence-electron chi connectivity index (χ1n) is 21.5. The van der Waals surface area contributed by atoms with Crippen LogP contribution in [0.25, 0.3) is 11.3 Å². The number of hydrogen-bond acceptors (Lipinski definition) is 11. The molecule has 15 nitrogen and oxygen atoms in total. The van der Waals surface area contributed by atoms with Crippen molar-refractivity contribution in [2.24, 2.45) is 29.8 Å². The van der Waals surface area contributed by atoms with Crippen LogP contribution in [0.15, 0.2) is 53.7 Å². The molecule has 7 heterocycles. The van der Waals surface area contributed by atoms with Crippen LogP contribution in [0.2, 0.25) is 0 Å². The number of piperazine rings is 1. The van der Waals surface area contributed by atoms with Gasteiger partial charge in [0.15, 0.2) is 0 Å². The van der Waals surface area contributed by atoms with Crippen molar-refractivity contribution >= 4 is 52.3 Å². The molecule has 0 spiro atoms. The highest BCUT2D eigenvalue weighted by atomic mass is 19.1. The number of halogens is 2. The number of aromatic nitrogens is 3. The number of ether oxygens (including phenoxy) is 1. The molecule has 6 aliphatic rings. The van der Waals surface area contributed by atoms with E-state index in [0.29, 0.717) is 112 Å². The second-order valence-corrected chi connectivity index (χ2v) is 17.3. The molecule has 10 rings (SSSR count). The summed E-state index contributed by atoms with van der Waals surface area (Å²) in [6.07, 6.45) is 5.14. The minimum absolute atomic E-state index is 0.0272. The number of hydrogen-bond donors (Lipinski definition) is 2. The number of fused-ring (bicyclic) bond motifs is 8. The summed E-state index contributed by atoms with van der Waals surface area (Å²) in [4.78, 5) is 69.0. The fourth-order valence-corrected chi connectivity index (χ4v) is 9.80. The zero-order valence-corrected chi connectivity index (χ0v) is 34.7. The third-order valence-electron chi connectivity index (χ3n) is 13.4. The van der Waals surface area contributed by atoms with Crippen LogP contribution < -0.4 is 30.1 Å². The molecule has 1 aliphatic carbocycles. The molecule has 0 radical (unpaired) electrons. The van der Waals surface area contributed by atoms with Gasteiger partial charge in [-0.25, -0.2) is 13.5 Å². The quantitative estimate of drug-likeness (QED) is 0.267. The molecule has 2 bridgehead atoms. The van der Waals surface area contributed by atoms with Crippen molar-refractivity contribution in [2.45, 2.75) is 51.4 Å². The van der Waals surface area contributed by atoms with E-state index in [0.717, 1.165) is 35.5 Å². The topological polar surface area (TPSA) is 158 Å². The number of anilines is 4. The molecule has 3 saturated heterocycles. The molecule has 2 aromatic heterocycles. The highest BCUT2D eigenvalue weighted by Gasteiger charge is 2.41. The first kappa shape index (κ1) is 39.7. The molecule has 4 amide bonds. The lowest BCUT2D eigenvalue weighted by Gasteiger charge is -2.40. The largest absolute Gasteiger partial charge is 0.477 e. The maximum absolute atomic E-state index is 15.3. The number of piperidine rings is 2. The number of guanidine groups is 1. The van der Waals surface area contributed by atoms with Gasteiger partial charge in [-0.2, -0.15) is 10.1 Å². The molecular formula is C45H48F2N10O5. The number of pyridine rings is 1. The average Bonchev–Trinajstić information content (AvgIpc) is 3.77. The number of carbonyl (C=O) groups is 4. The van der Waals surface area contributed by atoms with Gasteiger partial charge in [0.05, 0.1) is 41.4 Å². The van der Waals surface area contributed by atoms with Crippen molar-refractivity contribution in [1.29, 1.82) is 0 Å². The van der Waals surface area contributed by atoms with Crippen molar-refractivity contribution in [3.8, 4) is 17.1 Å². The van der Waals surface area contributed by atoms with Crippen LogP contribution >= 0.6 is 0 Å². The molecule has 17 heteroatoms. The lowest BCUT2D eigenvalue weighted by Crippen LogP contribution is -2.51. The van der Waals surface area contributed by atoms with Gasteiger partial charge in [0.1, 0.15) is 11.6 Å². The van der Waals surface area contributed by atoms with Crippen LogP contribution in [0.3, 0.4) is 0 Å². The van der Waals surface area contributed by atoms with Gasteiger partial charge in [0.2, 0.25) is 29.6 Å². The van der Waals surface area contributed by atoms with Crippen LogP contribution in [-0.4, -0.2) is 102 Å². The fourth-order valence-electron chi connectivity index (χ4n) is 9.80. The number of aryl methyl sites for hydroxylation is 2. The van der Waals surface area contributed by atoms with E-state index < -0.39 is 29.4 Å². The monoisotopic (exact) mass is 846 g/mol. The summed E-state index contributed by atoms with van der Waals surface area (Å²) in [5.41, 5.74) is 5.39. The number of nitrogens with zero attached hydrogens (tertiary/aromatic N) is 8. The van der Waals surface area contributed by atoms with Gasteiger partial charge in [0.25, 0.3) is 5.91 Å². The lowest BCUT2D eigenvalue weighted by molar-refractivity contribution is -0.136. The summed E-state index contributed by atoms with van der Waals surface area (Å²) in [5.74, 6) is -2.21. The first-order valence-corrected chi connectivity index (χ1v) is 21.5. The van der Waals surface area contributed by atoms with Gasteiger partial charge in [-0.1, -0.05) is 0 Å². The molecule has 1 saturated carbocycles. The summed E-state index contributed by atoms with van der Waals surface area (Å²) >= 11 is 0. The zero-order valence-electron chi connectivity index (χ0n) is 34.7. The zero-order chi connectivity index (χ0) is 42.8. The maximum atomic E-state index is 15.3. The summed E-state index contributed by atoms with van der Waals surface area (Å²) in [6.45, 7) is 6.21. The lowest BCUT2D eigenvalue weighted by atomic mass is 9.89. The number of carbonyl (C=O) groups excluding carboxylic acids is 4. The Morgan fingerprint density at radius 3 is 2.37 bits per heavy atom. The molecule has 5 aliphatic heterocycles. The Labute approximate surface area is 357 Å². The van der Waals surface area contributed by atoms with E-state index in [2.05, 4.69) is 42.7 Å². The van der Waals surface area contributed by atoms with Gasteiger partial charge in [-0.15, -0.1) is 0 Å². The van der Waals surface area contributed by atoms with E-state index in [9.17, 15) is 19.2 Å². The molecule has 4 fully saturated rings. The fraction of sp³-hybridized carbons (Fsp3) is 0.444. The molecule has 2 N–H and O–H groups in total. The Morgan fingerprint density at radius 1 is 0.855 bits per heavy atom. The molecule has 3 atom stereocenters. The number of nitrogens with one attached hydrogen (secondary N) is 2. The minimum atomic E-state index is -1.05. The Hall–Kier alpha value is -6.39. The number of aliphatic imine (C=N–C) groups is 1. The number of rotatable bonds is 4. The standard InChI is InChI=1S/C45H48F2N10O5/c1-25-17-28-19-37(49-25)33-23-48-53(2)44(33)62-16-9-27-18-29(27)24-57-38-22-30(3-5-36(38)50-45(57)52-41(28)59)54-10-7-26(8-11-54)43(61)56-14-12-55(13-15-56)31-20-34(46)40(35(47)21-31)32-4-6-39(58)51-42(32)60/h3,5,17,19-23,26-27,29,32H,4,6-16,18,24H2,1-2H3,(H,50,52,59)(H,51,58,60)/t27-,29+,32-/m1/s1. The Bertz CT molecular complexity index is 2500. The number of amides is 4. The van der Waals surface area contributed by atoms with Crippen molar-refractivity contribution in [3.05, 3.63) is 77.1 Å². The predicted octanol–water partition coefficient (Wildman–Crippen LogP) is 5.00. The third kappa shape index (κ3) is 7.50. The summed E-state index contributed by atoms with van der Waals surface area (Å²) in [7, 11) is 1.84. The molecular weight excluding hydrogens is 799 g/mol. The van der Waals surface area contributed by atoms with Gasteiger partial charge in [-0.3, -0.25) is 29.5 Å². The molecule has 322 valence electrons. The van der Waals surface area contributed by atoms with E-state index >= 15 is 8.78 Å². The second-order valence-electron chi connectivity index (χ2n) is 17.3. The van der Waals surface area contributed by atoms with Crippen LogP contribution in [0.4, 0.5) is 31.5 Å². The smallest absolute Gasteiger partial charge is 0.280 e. The van der Waals surface area contributed by atoms with Crippen LogP contribution in [-0.2, 0) is 21.4 Å². The highest BCUT2D eigenvalue weighted by Crippen LogP contribution is 2.46. The molecule has 62 heavy (non-hydrogen) atoms. The normalized spacial score (nSPS) is 23.7. The maximum Gasteiger partial charge on any atom is 0.280 e. The number of imide groups is 1. The highest BCUT2D eigenvalue weighted by molar-refractivity contribution is 6.19. The van der Waals surface area contributed by atoms with E-state index in [1.54, 1.807) is 23.0 Å². The third-order valence-corrected chi connectivity index (χ3v) is 13.4. The van der Waals surface area contributed by atoms with E-state index in [-0.39, 0.29) is 36.1 Å². The van der Waals surface area contributed by atoms with Crippen molar-refractivity contribution in [2.75, 3.05) is 72.4 Å². The van der Waals surface area contributed by atoms with Crippen molar-refractivity contribution < 1.29 is 32.7 Å². The van der Waals surface area contributed by atoms with E-state index in [1.807, 2.05) is 29.8 Å². The van der Waals surface area contributed by atoms with Gasteiger partial charge in [-0.05, 0) is 93.3 Å². The summed E-state index contributed by atoms with van der Waals surface area (Å²) in [5, 5.41) is 10.0. The van der Waals surface area contributed by atoms with E-state index in [4.69, 9.17) is 9.72 Å². The summed E-state index contributed by atoms with van der Waals surface area (Å²) < 4.78 is 38.5. The number of benzene rings is 2. The molecule has 4 aromatic rings. The predicted molar refractivity (Wildman–Crippen MR) is 227 cm³/mol.